The molecule has 0 saturated carbocycles. The van der Waals surface area contributed by atoms with Crippen LogP contribution in [0.25, 0.3) is 10.9 Å². The fourth-order valence-corrected chi connectivity index (χ4v) is 6.24. The van der Waals surface area contributed by atoms with Gasteiger partial charge in [0.1, 0.15) is 6.17 Å². The van der Waals surface area contributed by atoms with E-state index in [9.17, 15) is 9.59 Å². The third kappa shape index (κ3) is 3.30. The van der Waals surface area contributed by atoms with Gasteiger partial charge in [0, 0.05) is 50.6 Å². The number of nitrogens with zero attached hydrogens (tertiary/aromatic N) is 4. The lowest BCUT2D eigenvalue weighted by Crippen LogP contribution is -2.51. The zero-order chi connectivity index (χ0) is 23.2. The van der Waals surface area contributed by atoms with E-state index in [1.165, 1.54) is 29.5 Å². The van der Waals surface area contributed by atoms with E-state index in [0.717, 1.165) is 49.1 Å². The van der Waals surface area contributed by atoms with Crippen molar-refractivity contribution in [3.63, 3.8) is 0 Å². The Morgan fingerprint density at radius 2 is 1.68 bits per heavy atom. The second kappa shape index (κ2) is 8.49. The minimum atomic E-state index is -0.160. The Kier molecular flexibility index (Phi) is 5.31. The van der Waals surface area contributed by atoms with E-state index in [4.69, 9.17) is 0 Å². The summed E-state index contributed by atoms with van der Waals surface area (Å²) in [6.07, 6.45) is 5.82. The minimum absolute atomic E-state index is 0.0989. The van der Waals surface area contributed by atoms with Crippen LogP contribution in [-0.4, -0.2) is 52.9 Å². The molecule has 3 aromatic rings. The van der Waals surface area contributed by atoms with Crippen LogP contribution in [-0.2, 0) is 17.8 Å². The maximum absolute atomic E-state index is 13.5. The number of carbonyl (C=O) groups excluding carboxylic acids is 2. The van der Waals surface area contributed by atoms with E-state index < -0.39 is 0 Å². The molecule has 176 valence electrons. The van der Waals surface area contributed by atoms with Gasteiger partial charge in [0.05, 0.1) is 16.9 Å². The SMILES string of the molecule is CN1c2ccccc2C(=O)N2CCc3c(n(CCC(=O)N4CCCCCC4)c4ccccc34)[C@@H]21. The van der Waals surface area contributed by atoms with Gasteiger partial charge in [0.25, 0.3) is 5.91 Å². The molecule has 1 atom stereocenters. The van der Waals surface area contributed by atoms with Crippen LogP contribution in [0.3, 0.4) is 0 Å². The average Bonchev–Trinajstić information content (AvgIpc) is 3.01. The Morgan fingerprint density at radius 1 is 0.941 bits per heavy atom. The number of hydrogen-bond acceptors (Lipinski definition) is 3. The standard InChI is InChI=1S/C28H32N4O2/c1-29-23-12-6-5-11-22(23)28(34)32-18-14-21-20-10-4-7-13-24(20)31(26(21)27(29)32)19-15-25(33)30-16-8-2-3-9-17-30/h4-7,10-13,27H,2-3,8-9,14-19H2,1H3/t27-/m1/s1. The minimum Gasteiger partial charge on any atom is -0.349 e. The number of aryl methyl sites for hydroxylation is 1. The highest BCUT2D eigenvalue weighted by molar-refractivity contribution is 6.02. The van der Waals surface area contributed by atoms with Crippen LogP contribution in [0, 0.1) is 0 Å². The van der Waals surface area contributed by atoms with Crippen molar-refractivity contribution in [3.8, 4) is 0 Å². The zero-order valence-electron chi connectivity index (χ0n) is 19.9. The van der Waals surface area contributed by atoms with E-state index in [1.54, 1.807) is 0 Å². The first kappa shape index (κ1) is 21.3. The van der Waals surface area contributed by atoms with E-state index >= 15 is 0 Å². The molecule has 0 radical (unpaired) electrons. The first-order valence-corrected chi connectivity index (χ1v) is 12.7. The lowest BCUT2D eigenvalue weighted by atomic mass is 9.96. The molecule has 3 aliphatic heterocycles. The van der Waals surface area contributed by atoms with Gasteiger partial charge in [-0.1, -0.05) is 43.2 Å². The average molecular weight is 457 g/mol. The van der Waals surface area contributed by atoms with Crippen LogP contribution in [0.5, 0.6) is 0 Å². The topological polar surface area (TPSA) is 48.8 Å². The predicted octanol–water partition coefficient (Wildman–Crippen LogP) is 4.58. The lowest BCUT2D eigenvalue weighted by Gasteiger charge is -2.46. The predicted molar refractivity (Wildman–Crippen MR) is 134 cm³/mol. The Hall–Kier alpha value is -3.28. The van der Waals surface area contributed by atoms with Gasteiger partial charge in [-0.3, -0.25) is 9.59 Å². The van der Waals surface area contributed by atoms with Crippen LogP contribution in [0.4, 0.5) is 5.69 Å². The van der Waals surface area contributed by atoms with Crippen LogP contribution >= 0.6 is 0 Å². The molecule has 0 spiro atoms. The first-order valence-electron chi connectivity index (χ1n) is 12.7. The molecule has 1 saturated heterocycles. The van der Waals surface area contributed by atoms with Gasteiger partial charge >= 0.3 is 0 Å². The summed E-state index contributed by atoms with van der Waals surface area (Å²) in [7, 11) is 2.09. The maximum atomic E-state index is 13.5. The highest BCUT2D eigenvalue weighted by Gasteiger charge is 2.42. The lowest BCUT2D eigenvalue weighted by molar-refractivity contribution is -0.131. The fourth-order valence-electron chi connectivity index (χ4n) is 6.24. The van der Waals surface area contributed by atoms with Crippen molar-refractivity contribution in [1.29, 1.82) is 0 Å². The second-order valence-electron chi connectivity index (χ2n) is 9.83. The third-order valence-electron chi connectivity index (χ3n) is 7.91. The van der Waals surface area contributed by atoms with Gasteiger partial charge < -0.3 is 19.3 Å². The number of anilines is 1. The Labute approximate surface area is 200 Å². The van der Waals surface area contributed by atoms with Gasteiger partial charge in [0.15, 0.2) is 0 Å². The number of fused-ring (bicyclic) bond motifs is 6. The number of carbonyl (C=O) groups is 2. The number of likely N-dealkylation sites (tertiary alicyclic amines) is 1. The first-order chi connectivity index (χ1) is 16.6. The van der Waals surface area contributed by atoms with E-state index in [0.29, 0.717) is 19.5 Å². The highest BCUT2D eigenvalue weighted by Crippen LogP contribution is 2.44. The second-order valence-corrected chi connectivity index (χ2v) is 9.83. The van der Waals surface area contributed by atoms with E-state index in [2.05, 4.69) is 45.7 Å². The van der Waals surface area contributed by atoms with Crippen molar-refractivity contribution in [2.45, 2.75) is 51.2 Å². The summed E-state index contributed by atoms with van der Waals surface area (Å²) in [5, 5.41) is 1.25. The Balaban J connectivity index is 1.40. The third-order valence-corrected chi connectivity index (χ3v) is 7.91. The van der Waals surface area contributed by atoms with Crippen molar-refractivity contribution < 1.29 is 9.59 Å². The molecule has 0 unspecified atom stereocenters. The monoisotopic (exact) mass is 456 g/mol. The van der Waals surface area contributed by atoms with E-state index in [-0.39, 0.29) is 18.0 Å². The number of hydrogen-bond donors (Lipinski definition) is 0. The van der Waals surface area contributed by atoms with Crippen molar-refractivity contribution in [2.24, 2.45) is 0 Å². The van der Waals surface area contributed by atoms with Gasteiger partial charge in [-0.2, -0.15) is 0 Å². The summed E-state index contributed by atoms with van der Waals surface area (Å²) in [4.78, 5) is 32.9. The normalized spacial score (nSPS) is 20.1. The summed E-state index contributed by atoms with van der Waals surface area (Å²) in [5.74, 6) is 0.348. The molecule has 2 aromatic carbocycles. The van der Waals surface area contributed by atoms with E-state index in [1.807, 2.05) is 29.2 Å². The fraction of sp³-hybridized carbons (Fsp3) is 0.429. The molecular formula is C28H32N4O2. The summed E-state index contributed by atoms with van der Waals surface area (Å²) < 4.78 is 2.33. The smallest absolute Gasteiger partial charge is 0.257 e. The van der Waals surface area contributed by atoms with Crippen molar-refractivity contribution in [1.82, 2.24) is 14.4 Å². The molecule has 1 fully saturated rings. The summed E-state index contributed by atoms with van der Waals surface area (Å²) >= 11 is 0. The van der Waals surface area contributed by atoms with Crippen LogP contribution < -0.4 is 4.90 Å². The summed E-state index contributed by atoms with van der Waals surface area (Å²) in [6.45, 7) is 3.11. The Bertz CT molecular complexity index is 1250. The molecule has 6 nitrogen and oxygen atoms in total. The molecule has 0 N–H and O–H groups in total. The van der Waals surface area contributed by atoms with Gasteiger partial charge in [-0.05, 0) is 43.0 Å². The number of amides is 2. The molecular weight excluding hydrogens is 424 g/mol. The van der Waals surface area contributed by atoms with Gasteiger partial charge in [-0.15, -0.1) is 0 Å². The molecule has 6 heteroatoms. The molecule has 1 aromatic heterocycles. The van der Waals surface area contributed by atoms with Crippen LogP contribution in [0.2, 0.25) is 0 Å². The molecule has 2 amide bonds. The molecule has 3 aliphatic rings. The zero-order valence-corrected chi connectivity index (χ0v) is 19.9. The molecule has 4 heterocycles. The highest BCUT2D eigenvalue weighted by atomic mass is 16.2. The summed E-state index contributed by atoms with van der Waals surface area (Å²) in [6, 6.07) is 16.4. The van der Waals surface area contributed by atoms with Crippen molar-refractivity contribution >= 4 is 28.4 Å². The van der Waals surface area contributed by atoms with Gasteiger partial charge in [0.2, 0.25) is 5.91 Å². The molecule has 0 aliphatic carbocycles. The van der Waals surface area contributed by atoms with Crippen LogP contribution in [0.1, 0.15) is 59.9 Å². The summed E-state index contributed by atoms with van der Waals surface area (Å²) in [5.41, 5.74) is 5.39. The molecule has 34 heavy (non-hydrogen) atoms. The largest absolute Gasteiger partial charge is 0.349 e. The molecule has 6 rings (SSSR count). The van der Waals surface area contributed by atoms with Crippen LogP contribution in [0.15, 0.2) is 48.5 Å². The maximum Gasteiger partial charge on any atom is 0.257 e. The molecule has 0 bridgehead atoms. The van der Waals surface area contributed by atoms with Crippen molar-refractivity contribution in [3.05, 3.63) is 65.4 Å². The van der Waals surface area contributed by atoms with Crippen molar-refractivity contribution in [2.75, 3.05) is 31.6 Å². The quantitative estimate of drug-likeness (QED) is 0.580. The number of rotatable bonds is 3. The number of aromatic nitrogens is 1. The number of benzene rings is 2. The van der Waals surface area contributed by atoms with Gasteiger partial charge in [-0.25, -0.2) is 0 Å². The Morgan fingerprint density at radius 3 is 2.50 bits per heavy atom. The number of para-hydroxylation sites is 2.